The van der Waals surface area contributed by atoms with Crippen LogP contribution in [0.25, 0.3) is 0 Å². The zero-order chi connectivity index (χ0) is 16.6. The average Bonchev–Trinajstić information content (AvgIpc) is 2.43. The molecule has 0 heterocycles. The van der Waals surface area contributed by atoms with Crippen molar-refractivity contribution in [3.63, 3.8) is 0 Å². The van der Waals surface area contributed by atoms with Gasteiger partial charge in [-0.05, 0) is 56.9 Å². The van der Waals surface area contributed by atoms with Gasteiger partial charge in [-0.1, -0.05) is 54.3 Å². The van der Waals surface area contributed by atoms with Crippen LogP contribution in [0.5, 0.6) is 0 Å². The van der Waals surface area contributed by atoms with Crippen LogP contribution in [0.4, 0.5) is 0 Å². The third-order valence-corrected chi connectivity index (χ3v) is 12.1. The van der Waals surface area contributed by atoms with Crippen molar-refractivity contribution in [2.75, 3.05) is 5.75 Å². The molecule has 0 aliphatic carbocycles. The van der Waals surface area contributed by atoms with Crippen molar-refractivity contribution in [1.29, 1.82) is 0 Å². The maximum absolute atomic E-state index is 6.20. The lowest BCUT2D eigenvalue weighted by molar-refractivity contribution is 0.569. The van der Waals surface area contributed by atoms with Crippen LogP contribution >= 0.6 is 35.7 Å². The summed E-state index contributed by atoms with van der Waals surface area (Å²) in [4.78, 5) is 0. The monoisotopic (exact) mass is 388 g/mol. The van der Waals surface area contributed by atoms with Gasteiger partial charge in [0.1, 0.15) is 3.53 Å². The Hall–Kier alpha value is 0.404. The van der Waals surface area contributed by atoms with E-state index in [1.807, 2.05) is 11.8 Å². The minimum absolute atomic E-state index is 0.433. The Bertz CT molecular complexity index is 452. The van der Waals surface area contributed by atoms with Gasteiger partial charge in [-0.25, -0.2) is 0 Å². The molecule has 1 aromatic rings. The van der Waals surface area contributed by atoms with E-state index in [9.17, 15) is 0 Å². The van der Waals surface area contributed by atoms with E-state index >= 15 is 0 Å². The maximum Gasteiger partial charge on any atom is 0.173 e. The SMILES string of the molecule is CC(SC(=S)SCCC[Si](C)(C)O[SiH](C)C)c1ccccc1. The summed E-state index contributed by atoms with van der Waals surface area (Å²) in [5.74, 6) is 1.12. The van der Waals surface area contributed by atoms with Crippen molar-refractivity contribution in [2.45, 2.75) is 50.8 Å². The first-order valence-electron chi connectivity index (χ1n) is 7.86. The van der Waals surface area contributed by atoms with E-state index in [-0.39, 0.29) is 0 Å². The van der Waals surface area contributed by atoms with Gasteiger partial charge in [-0.15, -0.1) is 11.8 Å². The van der Waals surface area contributed by atoms with E-state index < -0.39 is 17.4 Å². The normalized spacial score (nSPS) is 13.4. The fraction of sp³-hybridized carbons (Fsp3) is 0.562. The van der Waals surface area contributed by atoms with Gasteiger partial charge in [0.15, 0.2) is 17.4 Å². The van der Waals surface area contributed by atoms with Crippen LogP contribution in [0.15, 0.2) is 30.3 Å². The quantitative estimate of drug-likeness (QED) is 0.302. The molecule has 0 aromatic heterocycles. The van der Waals surface area contributed by atoms with Crippen molar-refractivity contribution in [3.05, 3.63) is 35.9 Å². The second kappa shape index (κ2) is 10.3. The second-order valence-corrected chi connectivity index (χ2v) is 17.0. The fourth-order valence-electron chi connectivity index (χ4n) is 2.32. The van der Waals surface area contributed by atoms with Gasteiger partial charge in [0.25, 0.3) is 0 Å². The summed E-state index contributed by atoms with van der Waals surface area (Å²) in [6.45, 7) is 11.4. The third-order valence-electron chi connectivity index (χ3n) is 3.24. The predicted molar refractivity (Wildman–Crippen MR) is 114 cm³/mol. The van der Waals surface area contributed by atoms with Gasteiger partial charge in [0, 0.05) is 5.25 Å². The Morgan fingerprint density at radius 2 is 1.91 bits per heavy atom. The highest BCUT2D eigenvalue weighted by atomic mass is 32.2. The topological polar surface area (TPSA) is 9.23 Å². The minimum Gasteiger partial charge on any atom is -0.458 e. The number of rotatable bonds is 8. The molecule has 1 atom stereocenters. The molecular formula is C16H28OS3Si2. The van der Waals surface area contributed by atoms with E-state index in [4.69, 9.17) is 16.3 Å². The lowest BCUT2D eigenvalue weighted by Crippen LogP contribution is -2.35. The summed E-state index contributed by atoms with van der Waals surface area (Å²) < 4.78 is 7.26. The van der Waals surface area contributed by atoms with E-state index in [2.05, 4.69) is 63.4 Å². The van der Waals surface area contributed by atoms with Gasteiger partial charge in [0.2, 0.25) is 0 Å². The Morgan fingerprint density at radius 3 is 2.50 bits per heavy atom. The number of benzene rings is 1. The molecule has 6 heteroatoms. The summed E-state index contributed by atoms with van der Waals surface area (Å²) in [5.41, 5.74) is 1.35. The number of thioether (sulfide) groups is 2. The van der Waals surface area contributed by atoms with E-state index in [1.165, 1.54) is 18.0 Å². The molecule has 1 aromatic carbocycles. The van der Waals surface area contributed by atoms with E-state index in [0.717, 1.165) is 9.28 Å². The lowest BCUT2D eigenvalue weighted by Gasteiger charge is -2.25. The van der Waals surface area contributed by atoms with Crippen molar-refractivity contribution in [1.82, 2.24) is 0 Å². The summed E-state index contributed by atoms with van der Waals surface area (Å²) in [5, 5.41) is 0.433. The molecular weight excluding hydrogens is 361 g/mol. The third kappa shape index (κ3) is 8.89. The summed E-state index contributed by atoms with van der Waals surface area (Å²) in [6.07, 6.45) is 1.21. The molecule has 124 valence electrons. The molecule has 0 spiro atoms. The van der Waals surface area contributed by atoms with Crippen molar-refractivity contribution >= 4 is 56.6 Å². The standard InChI is InChI=1S/C16H28OS3Si2/c1-14(15-10-7-6-8-11-15)20-16(18)19-12-9-13-22(4,5)17-21(2)3/h6-8,10-11,14,21H,9,12-13H2,1-5H3. The molecule has 1 unspecified atom stereocenters. The first kappa shape index (κ1) is 20.4. The smallest absolute Gasteiger partial charge is 0.173 e. The molecule has 0 N–H and O–H groups in total. The number of hydrogen-bond donors (Lipinski definition) is 0. The average molecular weight is 389 g/mol. The van der Waals surface area contributed by atoms with E-state index in [1.54, 1.807) is 11.8 Å². The van der Waals surface area contributed by atoms with Crippen LogP contribution in [0, 0.1) is 0 Å². The van der Waals surface area contributed by atoms with Crippen LogP contribution in [-0.4, -0.2) is 26.6 Å². The van der Waals surface area contributed by atoms with Gasteiger partial charge in [-0.2, -0.15) is 0 Å². The lowest BCUT2D eigenvalue weighted by atomic mass is 10.2. The molecule has 0 saturated heterocycles. The summed E-state index contributed by atoms with van der Waals surface area (Å²) >= 11 is 9.15. The minimum atomic E-state index is -1.42. The molecule has 1 rings (SSSR count). The Labute approximate surface area is 152 Å². The molecule has 22 heavy (non-hydrogen) atoms. The molecule has 0 aliphatic heterocycles. The molecule has 0 saturated carbocycles. The van der Waals surface area contributed by atoms with Gasteiger partial charge in [0.05, 0.1) is 0 Å². The highest BCUT2D eigenvalue weighted by molar-refractivity contribution is 8.47. The molecule has 1 nitrogen and oxygen atoms in total. The highest BCUT2D eigenvalue weighted by Gasteiger charge is 2.22. The molecule has 0 amide bonds. The van der Waals surface area contributed by atoms with Crippen LogP contribution < -0.4 is 0 Å². The number of thiocarbonyl (C=S) groups is 1. The molecule has 0 bridgehead atoms. The molecule has 0 radical (unpaired) electrons. The van der Waals surface area contributed by atoms with Crippen molar-refractivity contribution < 1.29 is 4.12 Å². The summed E-state index contributed by atoms with van der Waals surface area (Å²) in [6, 6.07) is 11.8. The Morgan fingerprint density at radius 1 is 1.27 bits per heavy atom. The predicted octanol–water partition coefficient (Wildman–Crippen LogP) is 6.09. The van der Waals surface area contributed by atoms with Crippen molar-refractivity contribution in [3.8, 4) is 0 Å². The Kier molecular flexibility index (Phi) is 9.58. The van der Waals surface area contributed by atoms with Crippen LogP contribution in [-0.2, 0) is 4.12 Å². The van der Waals surface area contributed by atoms with Crippen LogP contribution in [0.3, 0.4) is 0 Å². The summed E-state index contributed by atoms with van der Waals surface area (Å²) in [7, 11) is -2.32. The first-order chi connectivity index (χ1) is 10.3. The molecule has 0 fully saturated rings. The van der Waals surface area contributed by atoms with Gasteiger partial charge >= 0.3 is 0 Å². The maximum atomic E-state index is 6.20. The van der Waals surface area contributed by atoms with Gasteiger partial charge in [-0.3, -0.25) is 0 Å². The molecule has 0 aliphatic rings. The van der Waals surface area contributed by atoms with Gasteiger partial charge < -0.3 is 4.12 Å². The van der Waals surface area contributed by atoms with Crippen LogP contribution in [0.2, 0.25) is 32.2 Å². The van der Waals surface area contributed by atoms with Crippen molar-refractivity contribution in [2.24, 2.45) is 0 Å². The fourth-order valence-corrected chi connectivity index (χ4v) is 11.9. The number of hydrogen-bond acceptors (Lipinski definition) is 4. The van der Waals surface area contributed by atoms with E-state index in [0.29, 0.717) is 5.25 Å². The highest BCUT2D eigenvalue weighted by Crippen LogP contribution is 2.33. The Balaban J connectivity index is 2.24. The zero-order valence-corrected chi connectivity index (χ0v) is 18.9. The first-order valence-corrected chi connectivity index (χ1v) is 16.0. The van der Waals surface area contributed by atoms with Crippen LogP contribution in [0.1, 0.15) is 24.2 Å². The second-order valence-electron chi connectivity index (χ2n) is 6.30. The largest absolute Gasteiger partial charge is 0.458 e. The zero-order valence-electron chi connectivity index (χ0n) is 14.3.